The van der Waals surface area contributed by atoms with E-state index < -0.39 is 5.97 Å². The zero-order valence-electron chi connectivity index (χ0n) is 8.65. The van der Waals surface area contributed by atoms with Crippen LogP contribution in [0.2, 0.25) is 0 Å². The molecule has 0 spiro atoms. The van der Waals surface area contributed by atoms with E-state index in [0.29, 0.717) is 16.9 Å². The molecule has 1 aromatic carbocycles. The molecule has 2 aromatic rings. The molecular weight excluding hydrogens is 192 g/mol. The first-order chi connectivity index (χ1) is 7.09. The van der Waals surface area contributed by atoms with Crippen LogP contribution in [0.4, 0.5) is 0 Å². The van der Waals surface area contributed by atoms with Gasteiger partial charge in [-0.3, -0.25) is 0 Å². The molecule has 0 saturated heterocycles. The predicted octanol–water partition coefficient (Wildman–Crippen LogP) is 3.25. The molecule has 1 heterocycles. The van der Waals surface area contributed by atoms with E-state index in [1.54, 1.807) is 0 Å². The highest BCUT2D eigenvalue weighted by Gasteiger charge is 2.13. The van der Waals surface area contributed by atoms with Crippen molar-refractivity contribution < 1.29 is 14.3 Å². The van der Waals surface area contributed by atoms with Crippen LogP contribution >= 0.6 is 0 Å². The molecule has 0 amide bonds. The standard InChI is InChI=1S/C12H12O3/c1-7(2)8-3-4-11-9(5-8)10(6-15-11)12(13)14/h3-7H,1-2H3,(H,13,14). The SMILES string of the molecule is CC(C)c1ccc2occ(C(=O)O)c2c1. The third-order valence-electron chi connectivity index (χ3n) is 2.49. The molecule has 0 unspecified atom stereocenters. The molecule has 0 aliphatic rings. The van der Waals surface area contributed by atoms with Gasteiger partial charge < -0.3 is 9.52 Å². The average molecular weight is 204 g/mol. The summed E-state index contributed by atoms with van der Waals surface area (Å²) in [6, 6.07) is 5.66. The van der Waals surface area contributed by atoms with Crippen molar-refractivity contribution in [3.05, 3.63) is 35.6 Å². The van der Waals surface area contributed by atoms with Crippen molar-refractivity contribution in [1.82, 2.24) is 0 Å². The summed E-state index contributed by atoms with van der Waals surface area (Å²) in [5, 5.41) is 9.62. The number of furan rings is 1. The molecule has 2 rings (SSSR count). The van der Waals surface area contributed by atoms with Crippen LogP contribution < -0.4 is 0 Å². The van der Waals surface area contributed by atoms with E-state index in [1.165, 1.54) is 6.26 Å². The smallest absolute Gasteiger partial charge is 0.339 e. The molecule has 15 heavy (non-hydrogen) atoms. The number of carboxylic acid groups (broad SMARTS) is 1. The Morgan fingerprint density at radius 1 is 1.40 bits per heavy atom. The monoisotopic (exact) mass is 204 g/mol. The molecule has 0 radical (unpaired) electrons. The summed E-state index contributed by atoms with van der Waals surface area (Å²) in [5.74, 6) is -0.569. The van der Waals surface area contributed by atoms with Crippen LogP contribution in [0.5, 0.6) is 0 Å². The predicted molar refractivity (Wildman–Crippen MR) is 57.3 cm³/mol. The molecular formula is C12H12O3. The van der Waals surface area contributed by atoms with Gasteiger partial charge in [0, 0.05) is 5.39 Å². The largest absolute Gasteiger partial charge is 0.478 e. The molecule has 78 valence electrons. The lowest BCUT2D eigenvalue weighted by Crippen LogP contribution is -1.94. The van der Waals surface area contributed by atoms with Crippen LogP contribution in [-0.2, 0) is 0 Å². The van der Waals surface area contributed by atoms with Crippen molar-refractivity contribution >= 4 is 16.9 Å². The number of hydrogen-bond acceptors (Lipinski definition) is 2. The van der Waals surface area contributed by atoms with Gasteiger partial charge in [-0.2, -0.15) is 0 Å². The highest BCUT2D eigenvalue weighted by atomic mass is 16.4. The summed E-state index contributed by atoms with van der Waals surface area (Å²) in [5.41, 5.74) is 1.97. The maximum Gasteiger partial charge on any atom is 0.339 e. The van der Waals surface area contributed by atoms with Crippen molar-refractivity contribution in [1.29, 1.82) is 0 Å². The second-order valence-corrected chi connectivity index (χ2v) is 3.86. The maximum absolute atomic E-state index is 10.9. The van der Waals surface area contributed by atoms with Gasteiger partial charge in [0.05, 0.1) is 0 Å². The lowest BCUT2D eigenvalue weighted by molar-refractivity contribution is 0.0698. The fourth-order valence-electron chi connectivity index (χ4n) is 1.57. The average Bonchev–Trinajstić information content (AvgIpc) is 2.59. The Morgan fingerprint density at radius 3 is 2.73 bits per heavy atom. The summed E-state index contributed by atoms with van der Waals surface area (Å²) >= 11 is 0. The number of benzene rings is 1. The zero-order chi connectivity index (χ0) is 11.0. The van der Waals surface area contributed by atoms with Gasteiger partial charge in [0.15, 0.2) is 0 Å². The molecule has 0 bridgehead atoms. The lowest BCUT2D eigenvalue weighted by Gasteiger charge is -2.04. The quantitative estimate of drug-likeness (QED) is 0.816. The van der Waals surface area contributed by atoms with E-state index in [9.17, 15) is 4.79 Å². The van der Waals surface area contributed by atoms with E-state index in [1.807, 2.05) is 18.2 Å². The molecule has 0 fully saturated rings. The first-order valence-corrected chi connectivity index (χ1v) is 4.84. The highest BCUT2D eigenvalue weighted by Crippen LogP contribution is 2.25. The first-order valence-electron chi connectivity index (χ1n) is 4.84. The van der Waals surface area contributed by atoms with Crippen LogP contribution in [0.1, 0.15) is 35.7 Å². The van der Waals surface area contributed by atoms with Gasteiger partial charge in [-0.25, -0.2) is 4.79 Å². The summed E-state index contributed by atoms with van der Waals surface area (Å²) in [7, 11) is 0. The van der Waals surface area contributed by atoms with E-state index in [2.05, 4.69) is 13.8 Å². The molecule has 0 aliphatic heterocycles. The van der Waals surface area contributed by atoms with E-state index >= 15 is 0 Å². The number of carboxylic acids is 1. The Balaban J connectivity index is 2.66. The lowest BCUT2D eigenvalue weighted by atomic mass is 10.0. The van der Waals surface area contributed by atoms with E-state index in [0.717, 1.165) is 5.56 Å². The second kappa shape index (κ2) is 3.42. The molecule has 1 N–H and O–H groups in total. The van der Waals surface area contributed by atoms with Crippen molar-refractivity contribution in [3.8, 4) is 0 Å². The Hall–Kier alpha value is -1.77. The Bertz CT molecular complexity index is 509. The Morgan fingerprint density at radius 2 is 2.13 bits per heavy atom. The number of carbonyl (C=O) groups is 1. The van der Waals surface area contributed by atoms with Crippen molar-refractivity contribution in [2.24, 2.45) is 0 Å². The van der Waals surface area contributed by atoms with Gasteiger partial charge in [-0.1, -0.05) is 19.9 Å². The third kappa shape index (κ3) is 1.61. The minimum absolute atomic E-state index is 0.229. The van der Waals surface area contributed by atoms with Gasteiger partial charge in [-0.15, -0.1) is 0 Å². The Kier molecular flexibility index (Phi) is 2.23. The molecule has 1 aromatic heterocycles. The molecule has 0 saturated carbocycles. The number of aromatic carboxylic acids is 1. The summed E-state index contributed by atoms with van der Waals surface area (Å²) in [6.07, 6.45) is 1.29. The maximum atomic E-state index is 10.9. The van der Waals surface area contributed by atoms with Crippen LogP contribution in [0, 0.1) is 0 Å². The number of hydrogen-bond donors (Lipinski definition) is 1. The molecule has 3 heteroatoms. The fraction of sp³-hybridized carbons (Fsp3) is 0.250. The molecule has 0 atom stereocenters. The minimum atomic E-state index is -0.949. The first kappa shape index (κ1) is 9.77. The normalized spacial score (nSPS) is 11.1. The van der Waals surface area contributed by atoms with Gasteiger partial charge in [-0.05, 0) is 23.6 Å². The van der Waals surface area contributed by atoms with Crippen molar-refractivity contribution in [2.45, 2.75) is 19.8 Å². The fourth-order valence-corrected chi connectivity index (χ4v) is 1.57. The third-order valence-corrected chi connectivity index (χ3v) is 2.49. The highest BCUT2D eigenvalue weighted by molar-refractivity contribution is 6.02. The number of rotatable bonds is 2. The van der Waals surface area contributed by atoms with Crippen LogP contribution in [0.25, 0.3) is 11.0 Å². The number of fused-ring (bicyclic) bond motifs is 1. The minimum Gasteiger partial charge on any atom is -0.478 e. The summed E-state index contributed by atoms with van der Waals surface area (Å²) in [6.45, 7) is 4.14. The second-order valence-electron chi connectivity index (χ2n) is 3.86. The van der Waals surface area contributed by atoms with Gasteiger partial charge in [0.2, 0.25) is 0 Å². The van der Waals surface area contributed by atoms with Crippen LogP contribution in [0.15, 0.2) is 28.9 Å². The Labute approximate surface area is 87.3 Å². The van der Waals surface area contributed by atoms with Crippen molar-refractivity contribution in [3.63, 3.8) is 0 Å². The van der Waals surface area contributed by atoms with Crippen LogP contribution in [0.3, 0.4) is 0 Å². The van der Waals surface area contributed by atoms with Gasteiger partial charge in [0.1, 0.15) is 17.4 Å². The van der Waals surface area contributed by atoms with E-state index in [-0.39, 0.29) is 5.56 Å². The van der Waals surface area contributed by atoms with Crippen LogP contribution in [-0.4, -0.2) is 11.1 Å². The van der Waals surface area contributed by atoms with Gasteiger partial charge in [0.25, 0.3) is 0 Å². The molecule has 0 aliphatic carbocycles. The topological polar surface area (TPSA) is 50.4 Å². The zero-order valence-corrected chi connectivity index (χ0v) is 8.65. The summed E-state index contributed by atoms with van der Waals surface area (Å²) < 4.78 is 5.16. The van der Waals surface area contributed by atoms with E-state index in [4.69, 9.17) is 9.52 Å². The van der Waals surface area contributed by atoms with Gasteiger partial charge >= 0.3 is 5.97 Å². The van der Waals surface area contributed by atoms with Crippen molar-refractivity contribution in [2.75, 3.05) is 0 Å². The summed E-state index contributed by atoms with van der Waals surface area (Å²) in [4.78, 5) is 10.9. The molecule has 3 nitrogen and oxygen atoms in total.